The summed E-state index contributed by atoms with van der Waals surface area (Å²) in [6, 6.07) is 19.1. The first-order chi connectivity index (χ1) is 15.4. The van der Waals surface area contributed by atoms with Crippen LogP contribution in [0.3, 0.4) is 0 Å². The van der Waals surface area contributed by atoms with Gasteiger partial charge in [-0.05, 0) is 66.9 Å². The molecule has 7 nitrogen and oxygen atoms in total. The maximum atomic E-state index is 13.1. The van der Waals surface area contributed by atoms with Gasteiger partial charge in [-0.2, -0.15) is 0 Å². The molecule has 0 saturated carbocycles. The van der Waals surface area contributed by atoms with Crippen LogP contribution in [0.1, 0.15) is 11.1 Å². The van der Waals surface area contributed by atoms with Crippen LogP contribution in [-0.4, -0.2) is 34.6 Å². The van der Waals surface area contributed by atoms with Gasteiger partial charge in [0.05, 0.1) is 17.7 Å². The molecule has 3 aromatic rings. The molecule has 0 fully saturated rings. The number of nitrogens with zero attached hydrogens (tertiary/aromatic N) is 1. The molecule has 0 saturated heterocycles. The molecule has 0 atom stereocenters. The molecular weight excluding hydrogens is 428 g/mol. The summed E-state index contributed by atoms with van der Waals surface area (Å²) < 4.78 is 38.4. The number of hydrogen-bond donors (Lipinski definition) is 1. The molecule has 0 bridgehead atoms. The third-order valence-electron chi connectivity index (χ3n) is 5.25. The Morgan fingerprint density at radius 3 is 2.53 bits per heavy atom. The van der Waals surface area contributed by atoms with Gasteiger partial charge in [-0.25, -0.2) is 8.42 Å². The quantitative estimate of drug-likeness (QED) is 0.590. The Kier molecular flexibility index (Phi) is 6.05. The molecule has 0 aliphatic carbocycles. The second-order valence-electron chi connectivity index (χ2n) is 7.47. The van der Waals surface area contributed by atoms with Gasteiger partial charge in [0, 0.05) is 12.2 Å². The molecule has 8 heteroatoms. The number of carbonyl (C=O) groups excluding carboxylic acids is 1. The van der Waals surface area contributed by atoms with Crippen LogP contribution in [-0.2, 0) is 21.2 Å². The first kappa shape index (κ1) is 21.7. The smallest absolute Gasteiger partial charge is 0.264 e. The van der Waals surface area contributed by atoms with Gasteiger partial charge in [-0.15, -0.1) is 0 Å². The minimum atomic E-state index is -3.67. The largest absolute Gasteiger partial charge is 0.493 e. The van der Waals surface area contributed by atoms with Crippen LogP contribution in [0.5, 0.6) is 11.5 Å². The van der Waals surface area contributed by atoms with Gasteiger partial charge in [-0.3, -0.25) is 9.10 Å². The second-order valence-corrected chi connectivity index (χ2v) is 9.33. The van der Waals surface area contributed by atoms with Crippen molar-refractivity contribution in [3.05, 3.63) is 77.9 Å². The van der Waals surface area contributed by atoms with Crippen LogP contribution in [0.25, 0.3) is 0 Å². The van der Waals surface area contributed by atoms with Crippen molar-refractivity contribution in [3.63, 3.8) is 0 Å². The summed E-state index contributed by atoms with van der Waals surface area (Å²) in [7, 11) is -2.13. The third kappa shape index (κ3) is 4.40. The Hall–Kier alpha value is -3.52. The molecule has 1 aliphatic rings. The van der Waals surface area contributed by atoms with Gasteiger partial charge in [-0.1, -0.05) is 24.3 Å². The highest BCUT2D eigenvalue weighted by Gasteiger charge is 2.30. The van der Waals surface area contributed by atoms with Crippen LogP contribution in [0.15, 0.2) is 71.6 Å². The van der Waals surface area contributed by atoms with Crippen molar-refractivity contribution >= 4 is 27.3 Å². The number of aryl methyl sites for hydroxylation is 1. The predicted octanol–water partition coefficient (Wildman–Crippen LogP) is 3.77. The van der Waals surface area contributed by atoms with Gasteiger partial charge in [0.1, 0.15) is 0 Å². The lowest BCUT2D eigenvalue weighted by Gasteiger charge is -2.19. The molecule has 0 unspecified atom stereocenters. The normalized spacial score (nSPS) is 12.9. The second kappa shape index (κ2) is 8.92. The van der Waals surface area contributed by atoms with E-state index in [1.807, 2.05) is 43.3 Å². The van der Waals surface area contributed by atoms with Gasteiger partial charge in [0.15, 0.2) is 18.1 Å². The Labute approximate surface area is 187 Å². The highest BCUT2D eigenvalue weighted by atomic mass is 32.2. The molecule has 0 aromatic heterocycles. The van der Waals surface area contributed by atoms with Gasteiger partial charge >= 0.3 is 0 Å². The molecule has 1 N–H and O–H groups in total. The van der Waals surface area contributed by atoms with E-state index in [9.17, 15) is 13.2 Å². The van der Waals surface area contributed by atoms with E-state index >= 15 is 0 Å². The van der Waals surface area contributed by atoms with Crippen molar-refractivity contribution in [2.75, 3.05) is 29.9 Å². The monoisotopic (exact) mass is 452 g/mol. The standard InChI is InChI=1S/C24H24N2O5S/c1-17-7-12-22(23(15-17)30-2)31-16-24(27)25-19-8-10-20(11-9-19)32(28,29)26-14-13-18-5-3-4-6-21(18)26/h3-12,15H,13-14,16H2,1-2H3,(H,25,27). The number of methoxy groups -OCH3 is 1. The number of fused-ring (bicyclic) bond motifs is 1. The molecule has 0 radical (unpaired) electrons. The SMILES string of the molecule is COc1cc(C)ccc1OCC(=O)Nc1ccc(S(=O)(=O)N2CCc3ccccc32)cc1. The first-order valence-electron chi connectivity index (χ1n) is 10.2. The van der Waals surface area contributed by atoms with Crippen molar-refractivity contribution in [2.24, 2.45) is 0 Å². The lowest BCUT2D eigenvalue weighted by molar-refractivity contribution is -0.118. The molecule has 166 valence electrons. The fraction of sp³-hybridized carbons (Fsp3) is 0.208. The molecular formula is C24H24N2O5S. The Bertz CT molecular complexity index is 1240. The molecule has 1 amide bonds. The predicted molar refractivity (Wildman–Crippen MR) is 123 cm³/mol. The first-order valence-corrected chi connectivity index (χ1v) is 11.6. The van der Waals surface area contributed by atoms with Crippen LogP contribution in [0.4, 0.5) is 11.4 Å². The molecule has 0 spiro atoms. The van der Waals surface area contributed by atoms with Crippen LogP contribution in [0.2, 0.25) is 0 Å². The van der Waals surface area contributed by atoms with E-state index in [2.05, 4.69) is 5.32 Å². The lowest BCUT2D eigenvalue weighted by atomic mass is 10.2. The van der Waals surface area contributed by atoms with Crippen molar-refractivity contribution in [3.8, 4) is 11.5 Å². The molecule has 1 heterocycles. The maximum Gasteiger partial charge on any atom is 0.264 e. The molecule has 1 aliphatic heterocycles. The zero-order valence-corrected chi connectivity index (χ0v) is 18.7. The van der Waals surface area contributed by atoms with Crippen molar-refractivity contribution in [1.82, 2.24) is 0 Å². The van der Waals surface area contributed by atoms with E-state index in [1.165, 1.54) is 23.5 Å². The van der Waals surface area contributed by atoms with Crippen LogP contribution in [0, 0.1) is 6.92 Å². The summed E-state index contributed by atoms with van der Waals surface area (Å²) in [5.74, 6) is 0.660. The summed E-state index contributed by atoms with van der Waals surface area (Å²) in [4.78, 5) is 12.5. The number of benzene rings is 3. The van der Waals surface area contributed by atoms with E-state index in [1.54, 1.807) is 18.2 Å². The molecule has 3 aromatic carbocycles. The Balaban J connectivity index is 1.40. The number of carbonyl (C=O) groups is 1. The third-order valence-corrected chi connectivity index (χ3v) is 7.08. The lowest BCUT2D eigenvalue weighted by Crippen LogP contribution is -2.29. The van der Waals surface area contributed by atoms with Crippen molar-refractivity contribution in [1.29, 1.82) is 0 Å². The minimum absolute atomic E-state index is 0.174. The zero-order valence-electron chi connectivity index (χ0n) is 17.9. The van der Waals surface area contributed by atoms with E-state index < -0.39 is 10.0 Å². The Morgan fingerprint density at radius 1 is 1.03 bits per heavy atom. The summed E-state index contributed by atoms with van der Waals surface area (Å²) in [6.45, 7) is 2.15. The molecule has 32 heavy (non-hydrogen) atoms. The van der Waals surface area contributed by atoms with Crippen molar-refractivity contribution in [2.45, 2.75) is 18.2 Å². The zero-order chi connectivity index (χ0) is 22.7. The van der Waals surface area contributed by atoms with Crippen LogP contribution >= 0.6 is 0 Å². The number of ether oxygens (including phenoxy) is 2. The highest BCUT2D eigenvalue weighted by Crippen LogP contribution is 2.33. The minimum Gasteiger partial charge on any atom is -0.493 e. The summed E-state index contributed by atoms with van der Waals surface area (Å²) in [5, 5.41) is 2.71. The summed E-state index contributed by atoms with van der Waals surface area (Å²) in [5.41, 5.74) is 3.24. The van der Waals surface area contributed by atoms with Crippen molar-refractivity contribution < 1.29 is 22.7 Å². The van der Waals surface area contributed by atoms with Gasteiger partial charge in [0.2, 0.25) is 0 Å². The summed E-state index contributed by atoms with van der Waals surface area (Å²) in [6.07, 6.45) is 0.690. The van der Waals surface area contributed by atoms with Crippen LogP contribution < -0.4 is 19.1 Å². The number of anilines is 2. The topological polar surface area (TPSA) is 84.9 Å². The van der Waals surface area contributed by atoms with E-state index in [4.69, 9.17) is 9.47 Å². The maximum absolute atomic E-state index is 13.1. The highest BCUT2D eigenvalue weighted by molar-refractivity contribution is 7.92. The summed E-state index contributed by atoms with van der Waals surface area (Å²) >= 11 is 0. The number of amides is 1. The number of sulfonamides is 1. The number of nitrogens with one attached hydrogen (secondary N) is 1. The average Bonchev–Trinajstić information content (AvgIpc) is 3.23. The fourth-order valence-corrected chi connectivity index (χ4v) is 5.13. The number of rotatable bonds is 7. The van der Waals surface area contributed by atoms with E-state index in [0.29, 0.717) is 35.8 Å². The average molecular weight is 453 g/mol. The fourth-order valence-electron chi connectivity index (χ4n) is 3.63. The molecule has 4 rings (SSSR count). The Morgan fingerprint density at radius 2 is 1.78 bits per heavy atom. The van der Waals surface area contributed by atoms with Gasteiger partial charge < -0.3 is 14.8 Å². The number of hydrogen-bond acceptors (Lipinski definition) is 5. The van der Waals surface area contributed by atoms with E-state index in [0.717, 1.165) is 11.1 Å². The number of para-hydroxylation sites is 1. The van der Waals surface area contributed by atoms with Gasteiger partial charge in [0.25, 0.3) is 15.9 Å². The van der Waals surface area contributed by atoms with E-state index in [-0.39, 0.29) is 17.4 Å².